The number of pyridine rings is 1. The second-order valence-electron chi connectivity index (χ2n) is 4.40. The van der Waals surface area contributed by atoms with E-state index < -0.39 is 5.97 Å². The number of aromatic nitrogens is 1. The number of nitrogens with one attached hydrogen (secondary N) is 1. The fourth-order valence-corrected chi connectivity index (χ4v) is 1.41. The van der Waals surface area contributed by atoms with E-state index in [9.17, 15) is 9.59 Å². The van der Waals surface area contributed by atoms with Crippen LogP contribution >= 0.6 is 0 Å². The molecule has 0 saturated heterocycles. The SMILES string of the molecule is CCOCc1ccc(C(=O)NCC(=O)OC(C)C)cn1. The van der Waals surface area contributed by atoms with Crippen molar-refractivity contribution in [3.63, 3.8) is 0 Å². The maximum atomic E-state index is 11.8. The Kier molecular flexibility index (Phi) is 6.66. The van der Waals surface area contributed by atoms with Crippen LogP contribution in [-0.4, -0.2) is 36.1 Å². The molecule has 0 aromatic carbocycles. The summed E-state index contributed by atoms with van der Waals surface area (Å²) in [5.41, 5.74) is 1.14. The van der Waals surface area contributed by atoms with Crippen molar-refractivity contribution in [2.45, 2.75) is 33.5 Å². The van der Waals surface area contributed by atoms with Gasteiger partial charge in [-0.3, -0.25) is 14.6 Å². The maximum absolute atomic E-state index is 11.8. The Morgan fingerprint density at radius 2 is 2.10 bits per heavy atom. The van der Waals surface area contributed by atoms with Crippen LogP contribution in [0.25, 0.3) is 0 Å². The van der Waals surface area contributed by atoms with Gasteiger partial charge in [-0.05, 0) is 32.9 Å². The number of amides is 1. The molecule has 110 valence electrons. The van der Waals surface area contributed by atoms with Gasteiger partial charge in [-0.1, -0.05) is 0 Å². The first kappa shape index (κ1) is 16.1. The van der Waals surface area contributed by atoms with Crippen molar-refractivity contribution in [1.29, 1.82) is 0 Å². The van der Waals surface area contributed by atoms with Crippen LogP contribution < -0.4 is 5.32 Å². The number of carbonyl (C=O) groups is 2. The Morgan fingerprint density at radius 3 is 2.65 bits per heavy atom. The van der Waals surface area contributed by atoms with Crippen LogP contribution in [0.4, 0.5) is 0 Å². The number of rotatable bonds is 7. The Morgan fingerprint density at radius 1 is 1.35 bits per heavy atom. The second kappa shape index (κ2) is 8.27. The zero-order valence-electron chi connectivity index (χ0n) is 12.0. The molecule has 1 aromatic heterocycles. The molecule has 1 N–H and O–H groups in total. The zero-order chi connectivity index (χ0) is 15.0. The van der Waals surface area contributed by atoms with Crippen LogP contribution in [-0.2, 0) is 20.9 Å². The van der Waals surface area contributed by atoms with Gasteiger partial charge in [-0.15, -0.1) is 0 Å². The Labute approximate surface area is 118 Å². The summed E-state index contributed by atoms with van der Waals surface area (Å²) in [5, 5.41) is 2.48. The van der Waals surface area contributed by atoms with Gasteiger partial charge in [-0.25, -0.2) is 0 Å². The van der Waals surface area contributed by atoms with E-state index in [4.69, 9.17) is 9.47 Å². The predicted molar refractivity (Wildman–Crippen MR) is 73.1 cm³/mol. The first-order valence-corrected chi connectivity index (χ1v) is 6.53. The zero-order valence-corrected chi connectivity index (χ0v) is 12.0. The van der Waals surface area contributed by atoms with E-state index in [1.165, 1.54) is 6.20 Å². The Hall–Kier alpha value is -1.95. The molecular weight excluding hydrogens is 260 g/mol. The molecule has 0 spiro atoms. The average Bonchev–Trinajstić information content (AvgIpc) is 2.42. The summed E-state index contributed by atoms with van der Waals surface area (Å²) in [4.78, 5) is 27.2. The average molecular weight is 280 g/mol. The lowest BCUT2D eigenvalue weighted by atomic mass is 10.2. The molecule has 0 aliphatic carbocycles. The fourth-order valence-electron chi connectivity index (χ4n) is 1.41. The lowest BCUT2D eigenvalue weighted by molar-refractivity contribution is -0.146. The van der Waals surface area contributed by atoms with Crippen molar-refractivity contribution in [3.8, 4) is 0 Å². The molecule has 0 aliphatic heterocycles. The molecule has 6 heteroatoms. The highest BCUT2D eigenvalue weighted by Gasteiger charge is 2.10. The van der Waals surface area contributed by atoms with Crippen molar-refractivity contribution in [2.75, 3.05) is 13.2 Å². The van der Waals surface area contributed by atoms with Gasteiger partial charge in [0, 0.05) is 12.8 Å². The van der Waals surface area contributed by atoms with Crippen molar-refractivity contribution in [1.82, 2.24) is 10.3 Å². The van der Waals surface area contributed by atoms with E-state index in [0.29, 0.717) is 18.8 Å². The van der Waals surface area contributed by atoms with Crippen LogP contribution in [0, 0.1) is 0 Å². The Bertz CT molecular complexity index is 443. The normalized spacial score (nSPS) is 10.4. The van der Waals surface area contributed by atoms with Crippen LogP contribution in [0.5, 0.6) is 0 Å². The molecule has 1 heterocycles. The minimum atomic E-state index is -0.464. The Balaban J connectivity index is 2.45. The molecule has 0 aliphatic rings. The molecular formula is C14H20N2O4. The lowest BCUT2D eigenvalue weighted by Crippen LogP contribution is -2.31. The molecule has 0 fully saturated rings. The van der Waals surface area contributed by atoms with Gasteiger partial charge >= 0.3 is 5.97 Å². The highest BCUT2D eigenvalue weighted by atomic mass is 16.5. The summed E-state index contributed by atoms with van der Waals surface area (Å²) in [6.45, 7) is 6.28. The van der Waals surface area contributed by atoms with Gasteiger partial charge in [0.15, 0.2) is 0 Å². The topological polar surface area (TPSA) is 77.5 Å². The molecule has 0 radical (unpaired) electrons. The number of carbonyl (C=O) groups excluding carboxylic acids is 2. The highest BCUT2D eigenvalue weighted by Crippen LogP contribution is 2.02. The third-order valence-corrected chi connectivity index (χ3v) is 2.30. The molecule has 0 saturated carbocycles. The number of hydrogen-bond donors (Lipinski definition) is 1. The van der Waals surface area contributed by atoms with E-state index >= 15 is 0 Å². The summed E-state index contributed by atoms with van der Waals surface area (Å²) in [6.07, 6.45) is 1.26. The van der Waals surface area contributed by atoms with Crippen LogP contribution in [0.15, 0.2) is 18.3 Å². The third kappa shape index (κ3) is 5.79. The third-order valence-electron chi connectivity index (χ3n) is 2.30. The van der Waals surface area contributed by atoms with E-state index in [0.717, 1.165) is 5.69 Å². The fraction of sp³-hybridized carbons (Fsp3) is 0.500. The minimum absolute atomic E-state index is 0.155. The molecule has 20 heavy (non-hydrogen) atoms. The van der Waals surface area contributed by atoms with E-state index in [1.54, 1.807) is 26.0 Å². The van der Waals surface area contributed by atoms with E-state index in [2.05, 4.69) is 10.3 Å². The molecule has 1 aromatic rings. The predicted octanol–water partition coefficient (Wildman–Crippen LogP) is 1.30. The van der Waals surface area contributed by atoms with E-state index in [1.807, 2.05) is 6.92 Å². The van der Waals surface area contributed by atoms with Gasteiger partial charge < -0.3 is 14.8 Å². The van der Waals surface area contributed by atoms with Gasteiger partial charge in [0.05, 0.1) is 24.0 Å². The molecule has 0 bridgehead atoms. The van der Waals surface area contributed by atoms with Crippen molar-refractivity contribution >= 4 is 11.9 Å². The molecule has 1 amide bonds. The summed E-state index contributed by atoms with van der Waals surface area (Å²) < 4.78 is 10.1. The standard InChI is InChI=1S/C14H20N2O4/c1-4-19-9-12-6-5-11(7-15-12)14(18)16-8-13(17)20-10(2)3/h5-7,10H,4,8-9H2,1-3H3,(H,16,18). The van der Waals surface area contributed by atoms with Gasteiger partial charge in [0.2, 0.25) is 0 Å². The minimum Gasteiger partial charge on any atom is -0.462 e. The first-order valence-electron chi connectivity index (χ1n) is 6.53. The smallest absolute Gasteiger partial charge is 0.325 e. The van der Waals surface area contributed by atoms with Crippen LogP contribution in [0.1, 0.15) is 36.8 Å². The number of hydrogen-bond acceptors (Lipinski definition) is 5. The van der Waals surface area contributed by atoms with Crippen molar-refractivity contribution < 1.29 is 19.1 Å². The van der Waals surface area contributed by atoms with Gasteiger partial charge in [0.25, 0.3) is 5.91 Å². The lowest BCUT2D eigenvalue weighted by Gasteiger charge is -2.09. The summed E-state index contributed by atoms with van der Waals surface area (Å²) in [6, 6.07) is 3.36. The number of esters is 1. The number of ether oxygens (including phenoxy) is 2. The van der Waals surface area contributed by atoms with Gasteiger partial charge in [-0.2, -0.15) is 0 Å². The second-order valence-corrected chi connectivity index (χ2v) is 4.40. The van der Waals surface area contributed by atoms with Crippen molar-refractivity contribution in [2.24, 2.45) is 0 Å². The van der Waals surface area contributed by atoms with Crippen molar-refractivity contribution in [3.05, 3.63) is 29.6 Å². The highest BCUT2D eigenvalue weighted by molar-refractivity contribution is 5.95. The van der Waals surface area contributed by atoms with E-state index in [-0.39, 0.29) is 18.6 Å². The summed E-state index contributed by atoms with van der Waals surface area (Å²) in [5.74, 6) is -0.824. The molecule has 6 nitrogen and oxygen atoms in total. The number of nitrogens with zero attached hydrogens (tertiary/aromatic N) is 1. The van der Waals surface area contributed by atoms with Crippen LogP contribution in [0.2, 0.25) is 0 Å². The van der Waals surface area contributed by atoms with Gasteiger partial charge in [0.1, 0.15) is 6.54 Å². The summed E-state index contributed by atoms with van der Waals surface area (Å²) >= 11 is 0. The monoisotopic (exact) mass is 280 g/mol. The molecule has 1 rings (SSSR count). The molecule has 0 unspecified atom stereocenters. The molecule has 0 atom stereocenters. The maximum Gasteiger partial charge on any atom is 0.325 e. The van der Waals surface area contributed by atoms with Crippen LogP contribution in [0.3, 0.4) is 0 Å². The summed E-state index contributed by atoms with van der Waals surface area (Å²) in [7, 11) is 0. The first-order chi connectivity index (χ1) is 9.52. The quantitative estimate of drug-likeness (QED) is 0.762. The largest absolute Gasteiger partial charge is 0.462 e.